The third kappa shape index (κ3) is 4.58. The van der Waals surface area contributed by atoms with Crippen LogP contribution in [-0.4, -0.2) is 63.3 Å². The Morgan fingerprint density at radius 2 is 2.04 bits per heavy atom. The molecule has 0 amide bonds. The molecule has 1 saturated carbocycles. The topological polar surface area (TPSA) is 44.5 Å². The van der Waals surface area contributed by atoms with Gasteiger partial charge in [0.15, 0.2) is 0 Å². The van der Waals surface area contributed by atoms with Crippen molar-refractivity contribution in [1.29, 1.82) is 0 Å². The van der Waals surface area contributed by atoms with Crippen LogP contribution in [0.1, 0.15) is 51.3 Å². The zero-order chi connectivity index (χ0) is 16.8. The van der Waals surface area contributed by atoms with Crippen molar-refractivity contribution in [1.82, 2.24) is 19.4 Å². The van der Waals surface area contributed by atoms with E-state index in [1.165, 1.54) is 44.5 Å². The molecule has 5 nitrogen and oxygen atoms in total. The number of rotatable bonds is 7. The molecule has 1 aliphatic heterocycles. The van der Waals surface area contributed by atoms with E-state index in [1.54, 1.807) is 0 Å². The first-order valence-electron chi connectivity index (χ1n) is 9.87. The zero-order valence-corrected chi connectivity index (χ0v) is 15.2. The molecular formula is C19H34N4O. The van der Waals surface area contributed by atoms with Gasteiger partial charge in [-0.3, -0.25) is 9.80 Å². The molecular weight excluding hydrogens is 300 g/mol. The molecule has 24 heavy (non-hydrogen) atoms. The zero-order valence-electron chi connectivity index (χ0n) is 15.2. The number of hydrogen-bond donors (Lipinski definition) is 1. The summed E-state index contributed by atoms with van der Waals surface area (Å²) in [5.41, 5.74) is 0. The highest BCUT2D eigenvalue weighted by Crippen LogP contribution is 2.26. The summed E-state index contributed by atoms with van der Waals surface area (Å²) >= 11 is 0. The number of aliphatic hydroxyl groups excluding tert-OH is 1. The van der Waals surface area contributed by atoms with Crippen LogP contribution < -0.4 is 0 Å². The number of aliphatic hydroxyl groups is 1. The number of aromatic nitrogens is 2. The number of hydrogen-bond acceptors (Lipinski definition) is 4. The quantitative estimate of drug-likeness (QED) is 0.831. The van der Waals surface area contributed by atoms with Gasteiger partial charge in [-0.25, -0.2) is 4.98 Å². The average molecular weight is 335 g/mol. The third-order valence-corrected chi connectivity index (χ3v) is 5.88. The standard InChI is InChI=1S/C19H34N4O/c1-2-22-10-9-20-19(22)16-21-11-12-23(18(15-21)8-13-24)14-17-6-4-3-5-7-17/h9-10,17-18,24H,2-8,11-16H2,1H3/t18-/m1/s1. The van der Waals surface area contributed by atoms with E-state index >= 15 is 0 Å². The van der Waals surface area contributed by atoms with Crippen LogP contribution in [0.15, 0.2) is 12.4 Å². The Bertz CT molecular complexity index is 483. The lowest BCUT2D eigenvalue weighted by atomic mass is 9.88. The van der Waals surface area contributed by atoms with Gasteiger partial charge in [-0.05, 0) is 32.1 Å². The van der Waals surface area contributed by atoms with Gasteiger partial charge in [0, 0.05) is 57.8 Å². The van der Waals surface area contributed by atoms with Crippen molar-refractivity contribution in [3.63, 3.8) is 0 Å². The van der Waals surface area contributed by atoms with E-state index in [1.807, 2.05) is 6.20 Å². The normalized spacial score (nSPS) is 24.5. The minimum Gasteiger partial charge on any atom is -0.396 e. The average Bonchev–Trinajstić information content (AvgIpc) is 3.05. The molecule has 1 saturated heterocycles. The van der Waals surface area contributed by atoms with Crippen LogP contribution in [0.3, 0.4) is 0 Å². The predicted molar refractivity (Wildman–Crippen MR) is 96.8 cm³/mol. The van der Waals surface area contributed by atoms with Crippen LogP contribution in [0.4, 0.5) is 0 Å². The lowest BCUT2D eigenvalue weighted by Gasteiger charge is -2.43. The highest BCUT2D eigenvalue weighted by Gasteiger charge is 2.29. The fourth-order valence-electron chi connectivity index (χ4n) is 4.45. The Kier molecular flexibility index (Phi) is 6.69. The lowest BCUT2D eigenvalue weighted by Crippen LogP contribution is -2.54. The van der Waals surface area contributed by atoms with Gasteiger partial charge in [0.2, 0.25) is 0 Å². The van der Waals surface area contributed by atoms with E-state index in [9.17, 15) is 5.11 Å². The number of aryl methyl sites for hydroxylation is 1. The van der Waals surface area contributed by atoms with Gasteiger partial charge < -0.3 is 9.67 Å². The molecule has 1 aromatic heterocycles. The van der Waals surface area contributed by atoms with E-state index in [0.717, 1.165) is 45.1 Å². The van der Waals surface area contributed by atoms with Gasteiger partial charge in [-0.1, -0.05) is 19.3 Å². The van der Waals surface area contributed by atoms with Crippen molar-refractivity contribution in [2.24, 2.45) is 5.92 Å². The number of nitrogens with zero attached hydrogens (tertiary/aromatic N) is 4. The second-order valence-electron chi connectivity index (χ2n) is 7.53. The van der Waals surface area contributed by atoms with E-state index in [2.05, 4.69) is 32.5 Å². The summed E-state index contributed by atoms with van der Waals surface area (Å²) in [4.78, 5) is 9.70. The molecule has 0 bridgehead atoms. The molecule has 1 atom stereocenters. The van der Waals surface area contributed by atoms with E-state index < -0.39 is 0 Å². The minimum absolute atomic E-state index is 0.295. The van der Waals surface area contributed by atoms with Crippen molar-refractivity contribution < 1.29 is 5.11 Å². The van der Waals surface area contributed by atoms with Gasteiger partial charge in [-0.15, -0.1) is 0 Å². The highest BCUT2D eigenvalue weighted by molar-refractivity contribution is 4.94. The maximum Gasteiger partial charge on any atom is 0.122 e. The van der Waals surface area contributed by atoms with Crippen molar-refractivity contribution in [2.45, 2.75) is 64.6 Å². The van der Waals surface area contributed by atoms with E-state index in [4.69, 9.17) is 0 Å². The Morgan fingerprint density at radius 3 is 2.79 bits per heavy atom. The Morgan fingerprint density at radius 1 is 1.21 bits per heavy atom. The molecule has 0 unspecified atom stereocenters. The molecule has 0 aromatic carbocycles. The first-order chi connectivity index (χ1) is 11.8. The summed E-state index contributed by atoms with van der Waals surface area (Å²) in [5, 5.41) is 9.51. The van der Waals surface area contributed by atoms with Gasteiger partial charge in [0.05, 0.1) is 6.54 Å². The van der Waals surface area contributed by atoms with Crippen molar-refractivity contribution in [3.05, 3.63) is 18.2 Å². The summed E-state index contributed by atoms with van der Waals surface area (Å²) in [6.07, 6.45) is 11.9. The Balaban J connectivity index is 1.56. The monoisotopic (exact) mass is 334 g/mol. The molecule has 0 radical (unpaired) electrons. The molecule has 1 aromatic rings. The number of piperazine rings is 1. The number of imidazole rings is 1. The summed E-state index contributed by atoms with van der Waals surface area (Å²) in [6.45, 7) is 8.92. The van der Waals surface area contributed by atoms with Crippen molar-refractivity contribution in [2.75, 3.05) is 32.8 Å². The fraction of sp³-hybridized carbons (Fsp3) is 0.842. The SMILES string of the molecule is CCn1ccnc1CN1CCN(CC2CCCCC2)[C@H](CCO)C1. The minimum atomic E-state index is 0.295. The Labute approximate surface area is 146 Å². The smallest absolute Gasteiger partial charge is 0.122 e. The summed E-state index contributed by atoms with van der Waals surface area (Å²) < 4.78 is 2.23. The van der Waals surface area contributed by atoms with Gasteiger partial charge in [0.1, 0.15) is 5.82 Å². The largest absolute Gasteiger partial charge is 0.396 e. The highest BCUT2D eigenvalue weighted by atomic mass is 16.3. The molecule has 1 N–H and O–H groups in total. The van der Waals surface area contributed by atoms with Gasteiger partial charge >= 0.3 is 0 Å². The molecule has 136 valence electrons. The maximum atomic E-state index is 9.51. The second kappa shape index (κ2) is 8.97. The van der Waals surface area contributed by atoms with E-state index in [0.29, 0.717) is 12.6 Å². The van der Waals surface area contributed by atoms with E-state index in [-0.39, 0.29) is 0 Å². The third-order valence-electron chi connectivity index (χ3n) is 5.88. The summed E-state index contributed by atoms with van der Waals surface area (Å²) in [5.74, 6) is 2.05. The van der Waals surface area contributed by atoms with Gasteiger partial charge in [0.25, 0.3) is 0 Å². The maximum absolute atomic E-state index is 9.51. The van der Waals surface area contributed by atoms with Gasteiger partial charge in [-0.2, -0.15) is 0 Å². The van der Waals surface area contributed by atoms with Crippen LogP contribution in [0.25, 0.3) is 0 Å². The molecule has 3 rings (SSSR count). The first kappa shape index (κ1) is 17.9. The van der Waals surface area contributed by atoms with Crippen LogP contribution in [-0.2, 0) is 13.1 Å². The molecule has 2 fully saturated rings. The summed E-state index contributed by atoms with van der Waals surface area (Å²) in [6, 6.07) is 0.496. The fourth-order valence-corrected chi connectivity index (χ4v) is 4.45. The van der Waals surface area contributed by atoms with Crippen LogP contribution in [0.2, 0.25) is 0 Å². The van der Waals surface area contributed by atoms with Crippen LogP contribution in [0.5, 0.6) is 0 Å². The van der Waals surface area contributed by atoms with Crippen molar-refractivity contribution >= 4 is 0 Å². The summed E-state index contributed by atoms with van der Waals surface area (Å²) in [7, 11) is 0. The van der Waals surface area contributed by atoms with Crippen LogP contribution in [0, 0.1) is 5.92 Å². The Hall–Kier alpha value is -0.910. The molecule has 5 heteroatoms. The lowest BCUT2D eigenvalue weighted by molar-refractivity contribution is 0.0386. The molecule has 0 spiro atoms. The van der Waals surface area contributed by atoms with Crippen molar-refractivity contribution in [3.8, 4) is 0 Å². The second-order valence-corrected chi connectivity index (χ2v) is 7.53. The molecule has 2 aliphatic rings. The van der Waals surface area contributed by atoms with Crippen LogP contribution >= 0.6 is 0 Å². The predicted octanol–water partition coefficient (Wildman–Crippen LogP) is 2.35. The molecule has 1 aliphatic carbocycles. The first-order valence-corrected chi connectivity index (χ1v) is 9.87. The molecule has 2 heterocycles.